The number of nitrogens with zero attached hydrogens (tertiary/aromatic N) is 2. The molecule has 2 N–H and O–H groups in total. The molecule has 0 fully saturated rings. The Morgan fingerprint density at radius 3 is 2.73 bits per heavy atom. The van der Waals surface area contributed by atoms with Gasteiger partial charge in [0.1, 0.15) is 0 Å². The van der Waals surface area contributed by atoms with Crippen molar-refractivity contribution in [1.29, 1.82) is 0 Å². The second kappa shape index (κ2) is 10.4. The Kier molecular flexibility index (Phi) is 7.39. The predicted octanol–water partition coefficient (Wildman–Crippen LogP) is 3.96. The van der Waals surface area contributed by atoms with Crippen molar-refractivity contribution in [2.45, 2.75) is 70.4 Å². The van der Waals surface area contributed by atoms with Gasteiger partial charge in [0.15, 0.2) is 0 Å². The topological polar surface area (TPSA) is 57.3 Å². The van der Waals surface area contributed by atoms with Crippen molar-refractivity contribution in [3.05, 3.63) is 51.5 Å². The van der Waals surface area contributed by atoms with E-state index >= 15 is 0 Å². The van der Waals surface area contributed by atoms with Crippen LogP contribution in [0.1, 0.15) is 54.3 Å². The van der Waals surface area contributed by atoms with Gasteiger partial charge in [0.25, 0.3) is 0 Å². The van der Waals surface area contributed by atoms with Gasteiger partial charge in [0.05, 0.1) is 11.2 Å². The monoisotopic (exact) mass is 426 g/mol. The number of unbranched alkanes of at least 4 members (excludes halogenated alkanes) is 1. The predicted molar refractivity (Wildman–Crippen MR) is 123 cm³/mol. The van der Waals surface area contributed by atoms with E-state index in [0.717, 1.165) is 58.2 Å². The minimum Gasteiger partial charge on any atom is -0.338 e. The van der Waals surface area contributed by atoms with E-state index in [2.05, 4.69) is 51.7 Å². The molecular weight excluding hydrogens is 392 g/mol. The first-order chi connectivity index (χ1) is 14.7. The van der Waals surface area contributed by atoms with E-state index in [9.17, 15) is 4.79 Å². The van der Waals surface area contributed by atoms with Crippen molar-refractivity contribution in [2.75, 3.05) is 19.6 Å². The minimum atomic E-state index is -0.0248. The first kappa shape index (κ1) is 21.3. The number of aromatic nitrogens is 1. The quantitative estimate of drug-likeness (QED) is 0.597. The van der Waals surface area contributed by atoms with E-state index in [0.29, 0.717) is 6.04 Å². The molecule has 2 aromatic rings. The van der Waals surface area contributed by atoms with Crippen molar-refractivity contribution in [2.24, 2.45) is 0 Å². The number of benzene rings is 1. The maximum absolute atomic E-state index is 12.3. The minimum absolute atomic E-state index is 0.0248. The Labute approximate surface area is 184 Å². The van der Waals surface area contributed by atoms with Gasteiger partial charge >= 0.3 is 6.03 Å². The molecule has 1 atom stereocenters. The number of aryl methyl sites for hydroxylation is 1. The summed E-state index contributed by atoms with van der Waals surface area (Å²) in [6, 6.07) is 9.34. The number of urea groups is 1. The van der Waals surface area contributed by atoms with Crippen LogP contribution in [0.3, 0.4) is 0 Å². The van der Waals surface area contributed by atoms with Crippen LogP contribution in [0.5, 0.6) is 0 Å². The van der Waals surface area contributed by atoms with E-state index in [-0.39, 0.29) is 12.1 Å². The van der Waals surface area contributed by atoms with E-state index in [1.54, 1.807) is 0 Å². The summed E-state index contributed by atoms with van der Waals surface area (Å²) >= 11 is 1.82. The number of hydrogen-bond donors (Lipinski definition) is 2. The fraction of sp³-hybridized carbons (Fsp3) is 0.583. The number of hydrogen-bond acceptors (Lipinski definition) is 4. The van der Waals surface area contributed by atoms with Crippen LogP contribution in [0, 0.1) is 0 Å². The lowest BCUT2D eigenvalue weighted by Crippen LogP contribution is -2.43. The van der Waals surface area contributed by atoms with Crippen molar-refractivity contribution in [3.8, 4) is 0 Å². The Morgan fingerprint density at radius 1 is 1.17 bits per heavy atom. The summed E-state index contributed by atoms with van der Waals surface area (Å²) in [6.07, 6.45) is 8.73. The fourth-order valence-electron chi connectivity index (χ4n) is 4.90. The standard InChI is InChI=1S/C24H34N4OS/c1-2-12-28(21-9-10-22-23(16-21)30-17-26-22)13-6-5-11-25-24(29)27-20-14-18-7-3-4-8-19(18)15-20/h3-4,7-8,17,20-21H,2,5-6,9-16H2,1H3,(H2,25,27,29). The summed E-state index contributed by atoms with van der Waals surface area (Å²) < 4.78 is 0. The molecule has 1 unspecified atom stereocenters. The molecule has 1 aromatic carbocycles. The van der Waals surface area contributed by atoms with Crippen molar-refractivity contribution in [3.63, 3.8) is 0 Å². The SMILES string of the molecule is CCCN(CCCCNC(=O)NC1Cc2ccccc2C1)C1CCc2ncsc2C1. The van der Waals surface area contributed by atoms with E-state index in [4.69, 9.17) is 0 Å². The molecule has 6 heteroatoms. The molecule has 4 rings (SSSR count). The second-order valence-corrected chi connectivity index (χ2v) is 9.58. The highest BCUT2D eigenvalue weighted by Crippen LogP contribution is 2.27. The molecule has 0 spiro atoms. The molecule has 0 radical (unpaired) electrons. The van der Waals surface area contributed by atoms with Crippen LogP contribution >= 0.6 is 11.3 Å². The highest BCUT2D eigenvalue weighted by Gasteiger charge is 2.25. The lowest BCUT2D eigenvalue weighted by molar-refractivity contribution is 0.177. The third-order valence-electron chi connectivity index (χ3n) is 6.43. The van der Waals surface area contributed by atoms with Crippen LogP contribution < -0.4 is 10.6 Å². The molecule has 5 nitrogen and oxygen atoms in total. The third-order valence-corrected chi connectivity index (χ3v) is 7.33. The molecule has 30 heavy (non-hydrogen) atoms. The third kappa shape index (κ3) is 5.41. The van der Waals surface area contributed by atoms with Gasteiger partial charge < -0.3 is 15.5 Å². The molecule has 1 aromatic heterocycles. The van der Waals surface area contributed by atoms with Crippen LogP contribution in [-0.2, 0) is 25.7 Å². The number of amides is 2. The van der Waals surface area contributed by atoms with Crippen molar-refractivity contribution in [1.82, 2.24) is 20.5 Å². The average Bonchev–Trinajstić information content (AvgIpc) is 3.38. The first-order valence-corrected chi connectivity index (χ1v) is 12.4. The van der Waals surface area contributed by atoms with Gasteiger partial charge in [-0.25, -0.2) is 9.78 Å². The Bertz CT molecular complexity index is 811. The molecule has 162 valence electrons. The summed E-state index contributed by atoms with van der Waals surface area (Å²) in [4.78, 5) is 20.9. The second-order valence-electron chi connectivity index (χ2n) is 8.64. The summed E-state index contributed by atoms with van der Waals surface area (Å²) in [7, 11) is 0. The zero-order valence-corrected chi connectivity index (χ0v) is 18.8. The molecule has 0 aliphatic heterocycles. The number of nitrogens with one attached hydrogen (secondary N) is 2. The highest BCUT2D eigenvalue weighted by atomic mass is 32.1. The van der Waals surface area contributed by atoms with E-state index in [1.807, 2.05) is 16.8 Å². The number of carbonyl (C=O) groups excluding carboxylic acids is 1. The van der Waals surface area contributed by atoms with Crippen LogP contribution in [-0.4, -0.2) is 47.6 Å². The summed E-state index contributed by atoms with van der Waals surface area (Å²) in [6.45, 7) is 5.29. The van der Waals surface area contributed by atoms with Gasteiger partial charge in [-0.05, 0) is 75.6 Å². The maximum Gasteiger partial charge on any atom is 0.315 e. The fourth-order valence-corrected chi connectivity index (χ4v) is 5.78. The Hall–Kier alpha value is -1.92. The molecule has 0 saturated heterocycles. The van der Waals surface area contributed by atoms with Crippen molar-refractivity contribution < 1.29 is 4.79 Å². The van der Waals surface area contributed by atoms with Gasteiger partial charge in [-0.1, -0.05) is 31.2 Å². The summed E-state index contributed by atoms with van der Waals surface area (Å²) in [5.74, 6) is 0. The largest absolute Gasteiger partial charge is 0.338 e. The zero-order chi connectivity index (χ0) is 20.8. The Morgan fingerprint density at radius 2 is 1.97 bits per heavy atom. The van der Waals surface area contributed by atoms with E-state index < -0.39 is 0 Å². The van der Waals surface area contributed by atoms with Crippen LogP contribution in [0.15, 0.2) is 29.8 Å². The molecule has 0 bridgehead atoms. The van der Waals surface area contributed by atoms with Gasteiger partial charge in [-0.2, -0.15) is 0 Å². The molecular formula is C24H34N4OS. The number of fused-ring (bicyclic) bond motifs is 2. The molecule has 2 aliphatic carbocycles. The summed E-state index contributed by atoms with van der Waals surface area (Å²) in [5, 5.41) is 6.20. The van der Waals surface area contributed by atoms with Crippen LogP contribution in [0.4, 0.5) is 4.79 Å². The van der Waals surface area contributed by atoms with Crippen molar-refractivity contribution >= 4 is 17.4 Å². The van der Waals surface area contributed by atoms with Gasteiger partial charge in [-0.15, -0.1) is 11.3 Å². The van der Waals surface area contributed by atoms with Gasteiger partial charge in [0.2, 0.25) is 0 Å². The highest BCUT2D eigenvalue weighted by molar-refractivity contribution is 7.09. The smallest absolute Gasteiger partial charge is 0.315 e. The van der Waals surface area contributed by atoms with Gasteiger partial charge in [-0.3, -0.25) is 0 Å². The number of rotatable bonds is 9. The lowest BCUT2D eigenvalue weighted by atomic mass is 9.96. The number of thiazole rings is 1. The Balaban J connectivity index is 1.13. The summed E-state index contributed by atoms with van der Waals surface area (Å²) in [5.41, 5.74) is 6.06. The maximum atomic E-state index is 12.3. The van der Waals surface area contributed by atoms with Gasteiger partial charge in [0, 0.05) is 23.5 Å². The first-order valence-electron chi connectivity index (χ1n) is 11.5. The van der Waals surface area contributed by atoms with Crippen LogP contribution in [0.25, 0.3) is 0 Å². The lowest BCUT2D eigenvalue weighted by Gasteiger charge is -2.33. The molecule has 2 aliphatic rings. The molecule has 0 saturated carbocycles. The van der Waals surface area contributed by atoms with Crippen LogP contribution in [0.2, 0.25) is 0 Å². The molecule has 2 amide bonds. The number of carbonyl (C=O) groups is 1. The zero-order valence-electron chi connectivity index (χ0n) is 18.0. The van der Waals surface area contributed by atoms with E-state index in [1.165, 1.54) is 34.5 Å². The molecule has 1 heterocycles. The average molecular weight is 427 g/mol. The normalized spacial score (nSPS) is 18.3.